The molecule has 24 heavy (non-hydrogen) atoms. The second-order valence-electron chi connectivity index (χ2n) is 5.73. The number of aromatic nitrogens is 1. The third-order valence-corrected chi connectivity index (χ3v) is 4.25. The fourth-order valence-corrected chi connectivity index (χ4v) is 2.74. The van der Waals surface area contributed by atoms with E-state index in [1.807, 2.05) is 18.7 Å². The van der Waals surface area contributed by atoms with E-state index in [2.05, 4.69) is 9.88 Å². The fourth-order valence-electron chi connectivity index (χ4n) is 2.74. The highest BCUT2D eigenvalue weighted by Crippen LogP contribution is 2.29. The second kappa shape index (κ2) is 7.83. The Bertz CT molecular complexity index is 535. The largest absolute Gasteiger partial charge is 0.417 e. The van der Waals surface area contributed by atoms with E-state index < -0.39 is 11.7 Å². The summed E-state index contributed by atoms with van der Waals surface area (Å²) in [6, 6.07) is 2.46. The Labute approximate surface area is 140 Å². The van der Waals surface area contributed by atoms with Crippen molar-refractivity contribution in [3.05, 3.63) is 23.9 Å². The van der Waals surface area contributed by atoms with Crippen LogP contribution in [0, 0.1) is 0 Å². The van der Waals surface area contributed by atoms with E-state index >= 15 is 0 Å². The van der Waals surface area contributed by atoms with Gasteiger partial charge in [0.1, 0.15) is 5.82 Å². The average molecular weight is 344 g/mol. The van der Waals surface area contributed by atoms with Crippen LogP contribution in [0.25, 0.3) is 0 Å². The van der Waals surface area contributed by atoms with E-state index in [9.17, 15) is 18.0 Å². The van der Waals surface area contributed by atoms with Gasteiger partial charge < -0.3 is 9.80 Å². The number of pyridine rings is 1. The van der Waals surface area contributed by atoms with Crippen molar-refractivity contribution in [3.63, 3.8) is 0 Å². The van der Waals surface area contributed by atoms with Crippen molar-refractivity contribution >= 4 is 11.7 Å². The first-order chi connectivity index (χ1) is 11.3. The van der Waals surface area contributed by atoms with Gasteiger partial charge in [0, 0.05) is 45.5 Å². The number of nitrogens with zero attached hydrogens (tertiary/aromatic N) is 4. The highest BCUT2D eigenvalue weighted by molar-refractivity contribution is 5.78. The maximum Gasteiger partial charge on any atom is 0.417 e. The monoisotopic (exact) mass is 344 g/mol. The van der Waals surface area contributed by atoms with Gasteiger partial charge in [0.2, 0.25) is 5.91 Å². The van der Waals surface area contributed by atoms with E-state index in [0.717, 1.165) is 12.3 Å². The number of halogens is 3. The Kier molecular flexibility index (Phi) is 6.04. The number of carbonyl (C=O) groups excluding carboxylic acids is 1. The SMILES string of the molecule is CCN(CC)C(=O)CN1CCN(c2ccc(C(F)(F)F)cn2)CC1. The number of hydrogen-bond donors (Lipinski definition) is 0. The van der Waals surface area contributed by atoms with Gasteiger partial charge >= 0.3 is 6.18 Å². The molecule has 0 radical (unpaired) electrons. The van der Waals surface area contributed by atoms with Gasteiger partial charge in [0.25, 0.3) is 0 Å². The van der Waals surface area contributed by atoms with E-state index in [-0.39, 0.29) is 5.91 Å². The summed E-state index contributed by atoms with van der Waals surface area (Å²) in [5, 5.41) is 0. The third-order valence-electron chi connectivity index (χ3n) is 4.25. The number of piperazine rings is 1. The van der Waals surface area contributed by atoms with Gasteiger partial charge in [-0.15, -0.1) is 0 Å². The fraction of sp³-hybridized carbons (Fsp3) is 0.625. The van der Waals surface area contributed by atoms with E-state index in [1.165, 1.54) is 6.07 Å². The first kappa shape index (κ1) is 18.5. The third kappa shape index (κ3) is 4.59. The summed E-state index contributed by atoms with van der Waals surface area (Å²) < 4.78 is 37.7. The van der Waals surface area contributed by atoms with Crippen molar-refractivity contribution in [2.75, 3.05) is 50.7 Å². The lowest BCUT2D eigenvalue weighted by atomic mass is 10.2. The van der Waals surface area contributed by atoms with Crippen LogP contribution in [0.15, 0.2) is 18.3 Å². The zero-order valence-electron chi connectivity index (χ0n) is 14.0. The molecule has 0 atom stereocenters. The molecule has 0 saturated carbocycles. The molecule has 5 nitrogen and oxygen atoms in total. The van der Waals surface area contributed by atoms with Crippen molar-refractivity contribution in [3.8, 4) is 0 Å². The van der Waals surface area contributed by atoms with Crippen molar-refractivity contribution in [1.29, 1.82) is 0 Å². The molecule has 1 aliphatic rings. The Hall–Kier alpha value is -1.83. The molecule has 0 N–H and O–H groups in total. The molecule has 2 heterocycles. The van der Waals surface area contributed by atoms with Gasteiger partial charge in [0.15, 0.2) is 0 Å². The summed E-state index contributed by atoms with van der Waals surface area (Å²) in [5.41, 5.74) is -0.741. The van der Waals surface area contributed by atoms with Crippen molar-refractivity contribution in [1.82, 2.24) is 14.8 Å². The molecular weight excluding hydrogens is 321 g/mol. The summed E-state index contributed by atoms with van der Waals surface area (Å²) in [6.07, 6.45) is -3.50. The average Bonchev–Trinajstić information content (AvgIpc) is 2.56. The molecule has 1 aliphatic heterocycles. The standard InChI is InChI=1S/C16H23F3N4O/c1-3-22(4-2)15(24)12-21-7-9-23(10-8-21)14-6-5-13(11-20-14)16(17,18)19/h5-6,11H,3-4,7-10,12H2,1-2H3. The quantitative estimate of drug-likeness (QED) is 0.820. The van der Waals surface area contributed by atoms with Crippen LogP contribution in [0.1, 0.15) is 19.4 Å². The lowest BCUT2D eigenvalue weighted by Crippen LogP contribution is -2.50. The molecule has 0 bridgehead atoms. The Morgan fingerprint density at radius 2 is 1.79 bits per heavy atom. The number of likely N-dealkylation sites (N-methyl/N-ethyl adjacent to an activating group) is 1. The zero-order valence-corrected chi connectivity index (χ0v) is 14.0. The molecule has 0 spiro atoms. The lowest BCUT2D eigenvalue weighted by Gasteiger charge is -2.35. The topological polar surface area (TPSA) is 39.7 Å². The predicted molar refractivity (Wildman–Crippen MR) is 85.8 cm³/mol. The molecule has 134 valence electrons. The maximum absolute atomic E-state index is 12.6. The molecule has 0 aromatic carbocycles. The highest BCUT2D eigenvalue weighted by atomic mass is 19.4. The van der Waals surface area contributed by atoms with Crippen LogP contribution in [-0.4, -0.2) is 66.5 Å². The van der Waals surface area contributed by atoms with Crippen LogP contribution in [0.2, 0.25) is 0 Å². The van der Waals surface area contributed by atoms with Crippen LogP contribution in [0.4, 0.5) is 19.0 Å². The van der Waals surface area contributed by atoms with Crippen LogP contribution in [0.3, 0.4) is 0 Å². The molecule has 2 rings (SSSR count). The summed E-state index contributed by atoms with van der Waals surface area (Å²) >= 11 is 0. The molecule has 1 fully saturated rings. The Morgan fingerprint density at radius 3 is 2.25 bits per heavy atom. The van der Waals surface area contributed by atoms with Crippen LogP contribution < -0.4 is 4.90 Å². The van der Waals surface area contributed by atoms with E-state index in [0.29, 0.717) is 51.6 Å². The number of alkyl halides is 3. The van der Waals surface area contributed by atoms with Gasteiger partial charge in [-0.25, -0.2) is 4.98 Å². The van der Waals surface area contributed by atoms with E-state index in [1.54, 1.807) is 4.90 Å². The second-order valence-corrected chi connectivity index (χ2v) is 5.73. The summed E-state index contributed by atoms with van der Waals surface area (Å²) in [6.45, 7) is 8.36. The predicted octanol–water partition coefficient (Wildman–Crippen LogP) is 2.09. The Balaban J connectivity index is 1.87. The molecule has 0 aliphatic carbocycles. The molecule has 0 unspecified atom stereocenters. The molecule has 8 heteroatoms. The van der Waals surface area contributed by atoms with Gasteiger partial charge in [0.05, 0.1) is 12.1 Å². The summed E-state index contributed by atoms with van der Waals surface area (Å²) in [4.78, 5) is 21.8. The minimum absolute atomic E-state index is 0.112. The van der Waals surface area contributed by atoms with Crippen LogP contribution in [0.5, 0.6) is 0 Å². The Morgan fingerprint density at radius 1 is 1.17 bits per heavy atom. The number of anilines is 1. The van der Waals surface area contributed by atoms with Gasteiger partial charge in [-0.3, -0.25) is 9.69 Å². The zero-order chi connectivity index (χ0) is 17.7. The smallest absolute Gasteiger partial charge is 0.354 e. The van der Waals surface area contributed by atoms with Gasteiger partial charge in [-0.1, -0.05) is 0 Å². The minimum Gasteiger partial charge on any atom is -0.354 e. The number of amides is 1. The molecule has 1 amide bonds. The van der Waals surface area contributed by atoms with Crippen LogP contribution >= 0.6 is 0 Å². The first-order valence-corrected chi connectivity index (χ1v) is 8.13. The maximum atomic E-state index is 12.6. The molecule has 1 aromatic rings. The van der Waals surface area contributed by atoms with Gasteiger partial charge in [-0.2, -0.15) is 13.2 Å². The lowest BCUT2D eigenvalue weighted by molar-refractivity contribution is -0.137. The molecular formula is C16H23F3N4O. The first-order valence-electron chi connectivity index (χ1n) is 8.13. The minimum atomic E-state index is -4.37. The number of hydrogen-bond acceptors (Lipinski definition) is 4. The molecule has 1 aromatic heterocycles. The number of rotatable bonds is 5. The highest BCUT2D eigenvalue weighted by Gasteiger charge is 2.31. The number of carbonyl (C=O) groups is 1. The summed E-state index contributed by atoms with van der Waals surface area (Å²) in [5.74, 6) is 0.652. The van der Waals surface area contributed by atoms with E-state index in [4.69, 9.17) is 0 Å². The van der Waals surface area contributed by atoms with Crippen molar-refractivity contribution in [2.45, 2.75) is 20.0 Å². The summed E-state index contributed by atoms with van der Waals surface area (Å²) in [7, 11) is 0. The normalized spacial score (nSPS) is 16.3. The van der Waals surface area contributed by atoms with Gasteiger partial charge in [-0.05, 0) is 26.0 Å². The van der Waals surface area contributed by atoms with Crippen molar-refractivity contribution in [2.24, 2.45) is 0 Å². The van der Waals surface area contributed by atoms with Crippen molar-refractivity contribution < 1.29 is 18.0 Å². The molecule has 1 saturated heterocycles. The van der Waals surface area contributed by atoms with Crippen LogP contribution in [-0.2, 0) is 11.0 Å².